The van der Waals surface area contributed by atoms with Gasteiger partial charge in [-0.1, -0.05) is 6.07 Å². The molecular formula is C17H15NO8S2. The Morgan fingerprint density at radius 1 is 0.857 bits per heavy atom. The molecule has 0 radical (unpaired) electrons. The van der Waals surface area contributed by atoms with Crippen molar-refractivity contribution in [3.63, 3.8) is 0 Å². The van der Waals surface area contributed by atoms with Crippen molar-refractivity contribution in [2.75, 3.05) is 12.4 Å². The third-order valence-corrected chi connectivity index (χ3v) is 5.64. The molecule has 0 bridgehead atoms. The number of rotatable bonds is 5. The van der Waals surface area contributed by atoms with Crippen molar-refractivity contribution in [2.24, 2.45) is 0 Å². The Labute approximate surface area is 160 Å². The highest BCUT2D eigenvalue weighted by Crippen LogP contribution is 2.33. The van der Waals surface area contributed by atoms with Crippen molar-refractivity contribution in [3.05, 3.63) is 48.5 Å². The van der Waals surface area contributed by atoms with Crippen LogP contribution < -0.4 is 10.1 Å². The lowest BCUT2D eigenvalue weighted by Gasteiger charge is -2.12. The molecule has 9 nitrogen and oxygen atoms in total. The Balaban J connectivity index is 2.03. The lowest BCUT2D eigenvalue weighted by molar-refractivity contribution is 0.397. The minimum Gasteiger partial charge on any atom is -0.507 e. The highest BCUT2D eigenvalue weighted by Gasteiger charge is 2.17. The summed E-state index contributed by atoms with van der Waals surface area (Å²) in [6.07, 6.45) is 0. The molecule has 0 amide bonds. The summed E-state index contributed by atoms with van der Waals surface area (Å²) in [6, 6.07) is 10.8. The molecule has 3 aromatic rings. The number of hydrogen-bond acceptors (Lipinski definition) is 7. The number of anilines is 2. The fourth-order valence-corrected chi connectivity index (χ4v) is 3.88. The van der Waals surface area contributed by atoms with E-state index in [1.165, 1.54) is 43.5 Å². The van der Waals surface area contributed by atoms with Crippen LogP contribution in [0.4, 0.5) is 11.4 Å². The maximum absolute atomic E-state index is 11.5. The van der Waals surface area contributed by atoms with Crippen LogP contribution >= 0.6 is 0 Å². The molecule has 0 aliphatic rings. The van der Waals surface area contributed by atoms with Gasteiger partial charge in [-0.05, 0) is 41.8 Å². The Hall–Kier alpha value is -2.86. The summed E-state index contributed by atoms with van der Waals surface area (Å²) in [5, 5.41) is 13.7. The van der Waals surface area contributed by atoms with Gasteiger partial charge in [0.25, 0.3) is 20.2 Å². The van der Waals surface area contributed by atoms with Gasteiger partial charge in [0.05, 0.1) is 12.0 Å². The number of methoxy groups -OCH3 is 1. The zero-order chi connectivity index (χ0) is 20.7. The SMILES string of the molecule is COc1ccc(Nc2ccc3cc(S(=O)(=O)O)cc(O)c3c2)cc1S(=O)(=O)O. The van der Waals surface area contributed by atoms with E-state index < -0.39 is 30.0 Å². The van der Waals surface area contributed by atoms with Crippen molar-refractivity contribution < 1.29 is 35.8 Å². The third-order valence-electron chi connectivity index (χ3n) is 3.93. The van der Waals surface area contributed by atoms with E-state index in [1.807, 2.05) is 0 Å². The largest absolute Gasteiger partial charge is 0.507 e. The minimum atomic E-state index is -4.51. The van der Waals surface area contributed by atoms with Crippen LogP contribution in [-0.2, 0) is 20.2 Å². The van der Waals surface area contributed by atoms with Gasteiger partial charge in [-0.2, -0.15) is 16.8 Å². The Morgan fingerprint density at radius 3 is 2.11 bits per heavy atom. The molecule has 0 saturated heterocycles. The molecule has 0 heterocycles. The average Bonchev–Trinajstić information content (AvgIpc) is 2.60. The van der Waals surface area contributed by atoms with Crippen LogP contribution in [-0.4, -0.2) is 38.2 Å². The Bertz CT molecular complexity index is 1280. The molecule has 0 aliphatic heterocycles. The van der Waals surface area contributed by atoms with E-state index in [2.05, 4.69) is 5.32 Å². The van der Waals surface area contributed by atoms with E-state index >= 15 is 0 Å². The number of nitrogens with one attached hydrogen (secondary N) is 1. The maximum atomic E-state index is 11.5. The van der Waals surface area contributed by atoms with Gasteiger partial charge < -0.3 is 15.2 Å². The van der Waals surface area contributed by atoms with Gasteiger partial charge >= 0.3 is 0 Å². The van der Waals surface area contributed by atoms with Crippen molar-refractivity contribution >= 4 is 42.4 Å². The minimum absolute atomic E-state index is 0.0260. The van der Waals surface area contributed by atoms with E-state index in [0.717, 1.165) is 6.07 Å². The molecule has 148 valence electrons. The van der Waals surface area contributed by atoms with Gasteiger partial charge in [0.1, 0.15) is 16.4 Å². The van der Waals surface area contributed by atoms with Crippen LogP contribution in [0, 0.1) is 0 Å². The van der Waals surface area contributed by atoms with Gasteiger partial charge in [-0.3, -0.25) is 9.11 Å². The van der Waals surface area contributed by atoms with Crippen LogP contribution in [0.15, 0.2) is 58.3 Å². The summed E-state index contributed by atoms with van der Waals surface area (Å²) in [7, 11) is -7.71. The van der Waals surface area contributed by atoms with Crippen molar-refractivity contribution in [1.82, 2.24) is 0 Å². The number of fused-ring (bicyclic) bond motifs is 1. The summed E-state index contributed by atoms with van der Waals surface area (Å²) in [5.74, 6) is -0.385. The second-order valence-electron chi connectivity index (χ2n) is 5.82. The molecule has 28 heavy (non-hydrogen) atoms. The van der Waals surface area contributed by atoms with Crippen molar-refractivity contribution in [1.29, 1.82) is 0 Å². The third kappa shape index (κ3) is 4.02. The second kappa shape index (κ2) is 6.95. The average molecular weight is 425 g/mol. The Kier molecular flexibility index (Phi) is 4.93. The first kappa shape index (κ1) is 19.9. The quantitative estimate of drug-likeness (QED) is 0.452. The molecule has 11 heteroatoms. The van der Waals surface area contributed by atoms with Crippen LogP contribution in [0.25, 0.3) is 10.8 Å². The molecule has 0 unspecified atom stereocenters. The van der Waals surface area contributed by atoms with Crippen LogP contribution in [0.5, 0.6) is 11.5 Å². The summed E-state index contributed by atoms with van der Waals surface area (Å²) in [4.78, 5) is -0.854. The first-order valence-electron chi connectivity index (χ1n) is 7.66. The first-order chi connectivity index (χ1) is 13.0. The second-order valence-corrected chi connectivity index (χ2v) is 8.63. The molecule has 3 rings (SSSR count). The van der Waals surface area contributed by atoms with Gasteiger partial charge in [0.2, 0.25) is 0 Å². The summed E-state index contributed by atoms with van der Waals surface area (Å²) >= 11 is 0. The first-order valence-corrected chi connectivity index (χ1v) is 10.5. The summed E-state index contributed by atoms with van der Waals surface area (Å²) in [6.45, 7) is 0. The molecule has 0 spiro atoms. The predicted molar refractivity (Wildman–Crippen MR) is 102 cm³/mol. The molecule has 0 saturated carbocycles. The molecule has 4 N–H and O–H groups in total. The fraction of sp³-hybridized carbons (Fsp3) is 0.0588. The predicted octanol–water partition coefficient (Wildman–Crippen LogP) is 2.79. The number of ether oxygens (including phenoxy) is 1. The van der Waals surface area contributed by atoms with E-state index in [9.17, 15) is 26.5 Å². The van der Waals surface area contributed by atoms with E-state index in [1.54, 1.807) is 6.07 Å². The van der Waals surface area contributed by atoms with E-state index in [4.69, 9.17) is 9.29 Å². The number of aromatic hydroxyl groups is 1. The maximum Gasteiger partial charge on any atom is 0.298 e. The van der Waals surface area contributed by atoms with Crippen LogP contribution in [0.3, 0.4) is 0 Å². The Morgan fingerprint density at radius 2 is 1.50 bits per heavy atom. The van der Waals surface area contributed by atoms with E-state index in [0.29, 0.717) is 22.1 Å². The normalized spacial score (nSPS) is 12.1. The topological polar surface area (TPSA) is 150 Å². The zero-order valence-electron chi connectivity index (χ0n) is 14.3. The number of phenols is 1. The molecule has 3 aromatic carbocycles. The van der Waals surface area contributed by atoms with Gasteiger partial charge in [-0.15, -0.1) is 0 Å². The zero-order valence-corrected chi connectivity index (χ0v) is 16.0. The van der Waals surface area contributed by atoms with E-state index in [-0.39, 0.29) is 11.5 Å². The number of phenolic OH excluding ortho intramolecular Hbond substituents is 1. The lowest BCUT2D eigenvalue weighted by Crippen LogP contribution is -2.02. The number of hydrogen-bond donors (Lipinski definition) is 4. The molecule has 0 aliphatic carbocycles. The van der Waals surface area contributed by atoms with Crippen molar-refractivity contribution in [2.45, 2.75) is 9.79 Å². The van der Waals surface area contributed by atoms with Crippen LogP contribution in [0.1, 0.15) is 0 Å². The molecule has 0 atom stereocenters. The van der Waals surface area contributed by atoms with Gasteiger partial charge in [0.15, 0.2) is 0 Å². The summed E-state index contributed by atoms with van der Waals surface area (Å²) < 4.78 is 68.9. The van der Waals surface area contributed by atoms with Gasteiger partial charge in [-0.25, -0.2) is 0 Å². The lowest BCUT2D eigenvalue weighted by atomic mass is 10.1. The fourth-order valence-electron chi connectivity index (χ4n) is 2.66. The highest BCUT2D eigenvalue weighted by molar-refractivity contribution is 7.86. The van der Waals surface area contributed by atoms with Gasteiger partial charge in [0, 0.05) is 22.8 Å². The highest BCUT2D eigenvalue weighted by atomic mass is 32.2. The monoisotopic (exact) mass is 425 g/mol. The molecule has 0 aromatic heterocycles. The molecular weight excluding hydrogens is 410 g/mol. The molecule has 0 fully saturated rings. The number of benzene rings is 3. The van der Waals surface area contributed by atoms with Crippen molar-refractivity contribution in [3.8, 4) is 11.5 Å². The van der Waals surface area contributed by atoms with Crippen LogP contribution in [0.2, 0.25) is 0 Å². The smallest absolute Gasteiger partial charge is 0.298 e. The standard InChI is InChI=1S/C17H15NO8S2/c1-26-16-5-4-12(8-17(16)28(23,24)25)18-11-3-2-10-6-13(27(20,21)22)9-15(19)14(10)7-11/h2-9,18-19H,1H3,(H,20,21,22)(H,23,24,25). The summed E-state index contributed by atoms with van der Waals surface area (Å²) in [5.41, 5.74) is 0.774.